The molecule has 2 atom stereocenters. The van der Waals surface area contributed by atoms with Crippen molar-refractivity contribution < 1.29 is 28.9 Å². The summed E-state index contributed by atoms with van der Waals surface area (Å²) in [6.07, 6.45) is -1.53. The molecule has 0 spiro atoms. The summed E-state index contributed by atoms with van der Waals surface area (Å²) in [6.45, 7) is 4.43. The highest BCUT2D eigenvalue weighted by Crippen LogP contribution is 2.43. The first kappa shape index (κ1) is 32.6. The van der Waals surface area contributed by atoms with Crippen molar-refractivity contribution in [3.05, 3.63) is 108 Å². The van der Waals surface area contributed by atoms with Crippen LogP contribution in [0.1, 0.15) is 60.9 Å². The summed E-state index contributed by atoms with van der Waals surface area (Å²) in [4.78, 5) is 27.8. The molecular formula is C36H41FN2O5. The first-order valence-corrected chi connectivity index (χ1v) is 14.9. The first-order valence-electron chi connectivity index (χ1n) is 14.9. The molecule has 0 aliphatic carbocycles. The van der Waals surface area contributed by atoms with Gasteiger partial charge in [0.25, 0.3) is 5.91 Å². The first-order chi connectivity index (χ1) is 21.1. The molecule has 0 bridgehead atoms. The summed E-state index contributed by atoms with van der Waals surface area (Å²) in [5.74, 6) is -1.08. The van der Waals surface area contributed by atoms with E-state index in [0.717, 1.165) is 33.5 Å². The van der Waals surface area contributed by atoms with Crippen molar-refractivity contribution in [2.45, 2.75) is 64.3 Å². The highest BCUT2D eigenvalue weighted by molar-refractivity contribution is 6.05. The van der Waals surface area contributed by atoms with E-state index >= 15 is 0 Å². The lowest BCUT2D eigenvalue weighted by Crippen LogP contribution is -2.29. The molecule has 4 rings (SSSR count). The Morgan fingerprint density at radius 3 is 2.05 bits per heavy atom. The van der Waals surface area contributed by atoms with Crippen molar-refractivity contribution in [1.82, 2.24) is 9.47 Å². The predicted octanol–water partition coefficient (Wildman–Crippen LogP) is 6.42. The molecule has 1 heterocycles. The maximum Gasteiger partial charge on any atom is 0.308 e. The quantitative estimate of drug-likeness (QED) is 0.173. The molecule has 1 aromatic heterocycles. The molecule has 1 amide bonds. The summed E-state index contributed by atoms with van der Waals surface area (Å²) in [6, 6.07) is 25.6. The van der Waals surface area contributed by atoms with E-state index in [-0.39, 0.29) is 37.0 Å². The lowest BCUT2D eigenvalue weighted by Gasteiger charge is -2.23. The smallest absolute Gasteiger partial charge is 0.308 e. The van der Waals surface area contributed by atoms with Gasteiger partial charge in [0.05, 0.1) is 25.7 Å². The van der Waals surface area contributed by atoms with Crippen LogP contribution >= 0.6 is 0 Å². The van der Waals surface area contributed by atoms with E-state index < -0.39 is 18.2 Å². The number of hydrogen-bond donors (Lipinski definition) is 2. The Hall–Kier alpha value is -4.27. The number of carbonyl (C=O) groups is 2. The molecule has 8 heteroatoms. The normalized spacial score (nSPS) is 12.6. The van der Waals surface area contributed by atoms with E-state index in [0.29, 0.717) is 18.7 Å². The van der Waals surface area contributed by atoms with Gasteiger partial charge in [-0.15, -0.1) is 0 Å². The molecule has 4 aromatic rings. The second-order valence-electron chi connectivity index (χ2n) is 11.4. The number of aromatic nitrogens is 1. The number of methoxy groups -OCH3 is 1. The number of halogens is 1. The number of amides is 1. The highest BCUT2D eigenvalue weighted by atomic mass is 19.1. The van der Waals surface area contributed by atoms with Crippen LogP contribution in [-0.4, -0.2) is 57.9 Å². The van der Waals surface area contributed by atoms with Crippen LogP contribution in [0, 0.1) is 5.82 Å². The fourth-order valence-corrected chi connectivity index (χ4v) is 5.68. The predicted molar refractivity (Wildman–Crippen MR) is 169 cm³/mol. The zero-order valence-electron chi connectivity index (χ0n) is 25.7. The molecule has 44 heavy (non-hydrogen) atoms. The van der Waals surface area contributed by atoms with E-state index in [4.69, 9.17) is 0 Å². The van der Waals surface area contributed by atoms with Gasteiger partial charge >= 0.3 is 5.97 Å². The van der Waals surface area contributed by atoms with E-state index in [2.05, 4.69) is 4.74 Å². The third kappa shape index (κ3) is 7.81. The Labute approximate surface area is 258 Å². The zero-order chi connectivity index (χ0) is 31.8. The fourth-order valence-electron chi connectivity index (χ4n) is 5.68. The highest BCUT2D eigenvalue weighted by Gasteiger charge is 2.32. The van der Waals surface area contributed by atoms with Crippen LogP contribution in [0.5, 0.6) is 0 Å². The molecule has 0 aliphatic rings. The lowest BCUT2D eigenvalue weighted by atomic mass is 9.92. The number of ether oxygens (including phenoxy) is 1. The molecule has 0 aliphatic heterocycles. The fraction of sp³-hybridized carbons (Fsp3) is 0.333. The van der Waals surface area contributed by atoms with Crippen molar-refractivity contribution in [1.29, 1.82) is 0 Å². The topological polar surface area (TPSA) is 92.0 Å². The summed E-state index contributed by atoms with van der Waals surface area (Å²) in [5.41, 5.74) is 5.47. The third-order valence-electron chi connectivity index (χ3n) is 7.72. The molecule has 3 aromatic carbocycles. The van der Waals surface area contributed by atoms with Gasteiger partial charge in [-0.05, 0) is 61.9 Å². The van der Waals surface area contributed by atoms with Crippen molar-refractivity contribution in [2.75, 3.05) is 14.2 Å². The molecule has 0 fully saturated rings. The maximum absolute atomic E-state index is 14.5. The van der Waals surface area contributed by atoms with Crippen molar-refractivity contribution >= 4 is 11.9 Å². The number of benzene rings is 3. The van der Waals surface area contributed by atoms with Gasteiger partial charge in [0, 0.05) is 36.5 Å². The summed E-state index contributed by atoms with van der Waals surface area (Å²) in [7, 11) is 3.04. The molecule has 0 radical (unpaired) electrons. The summed E-state index contributed by atoms with van der Waals surface area (Å²) < 4.78 is 20.8. The molecular weight excluding hydrogens is 559 g/mol. The maximum atomic E-state index is 14.5. The molecule has 7 nitrogen and oxygen atoms in total. The zero-order valence-corrected chi connectivity index (χ0v) is 25.7. The van der Waals surface area contributed by atoms with Gasteiger partial charge in [-0.25, -0.2) is 4.39 Å². The lowest BCUT2D eigenvalue weighted by molar-refractivity contribution is -0.143. The second kappa shape index (κ2) is 14.9. The third-order valence-corrected chi connectivity index (χ3v) is 7.72. The van der Waals surface area contributed by atoms with Crippen LogP contribution in [0.4, 0.5) is 4.39 Å². The standard InChI is InChI=1S/C36H41FN2O5/c1-24(2)39-31(20-19-29(40)21-30(41)22-32(42)44-4)33(27-15-17-28(37)18-16-27)34(26-13-9-6-10-14-26)35(39)36(43)38(3)23-25-11-7-5-8-12-25/h5-18,24,29-30,40-41H,19-23H2,1-4H3/t29-,30-/m1/s1. The van der Waals surface area contributed by atoms with Gasteiger partial charge in [-0.2, -0.15) is 0 Å². The van der Waals surface area contributed by atoms with Crippen LogP contribution in [-0.2, 0) is 22.5 Å². The summed E-state index contributed by atoms with van der Waals surface area (Å²) >= 11 is 0. The van der Waals surface area contributed by atoms with Gasteiger partial charge in [0.15, 0.2) is 0 Å². The molecule has 0 unspecified atom stereocenters. The number of rotatable bonds is 13. The van der Waals surface area contributed by atoms with Crippen LogP contribution in [0.15, 0.2) is 84.9 Å². The molecule has 232 valence electrons. The van der Waals surface area contributed by atoms with Crippen molar-refractivity contribution in [3.63, 3.8) is 0 Å². The van der Waals surface area contributed by atoms with Crippen LogP contribution in [0.3, 0.4) is 0 Å². The Kier molecular flexibility index (Phi) is 11.1. The van der Waals surface area contributed by atoms with Crippen LogP contribution in [0.2, 0.25) is 0 Å². The average Bonchev–Trinajstić information content (AvgIpc) is 3.36. The van der Waals surface area contributed by atoms with Gasteiger partial charge in [-0.3, -0.25) is 9.59 Å². The van der Waals surface area contributed by atoms with E-state index in [1.165, 1.54) is 19.2 Å². The minimum atomic E-state index is -1.05. The second-order valence-corrected chi connectivity index (χ2v) is 11.4. The van der Waals surface area contributed by atoms with Crippen molar-refractivity contribution in [2.24, 2.45) is 0 Å². The Bertz CT molecular complexity index is 1530. The van der Waals surface area contributed by atoms with Gasteiger partial charge in [0.2, 0.25) is 0 Å². The van der Waals surface area contributed by atoms with Crippen LogP contribution < -0.4 is 0 Å². The Morgan fingerprint density at radius 2 is 1.45 bits per heavy atom. The monoisotopic (exact) mass is 600 g/mol. The van der Waals surface area contributed by atoms with E-state index in [1.54, 1.807) is 24.1 Å². The average molecular weight is 601 g/mol. The number of hydrogen-bond acceptors (Lipinski definition) is 5. The molecule has 2 N–H and O–H groups in total. The number of esters is 1. The number of carbonyl (C=O) groups excluding carboxylic acids is 2. The number of aliphatic hydroxyl groups excluding tert-OH is 2. The summed E-state index contributed by atoms with van der Waals surface area (Å²) in [5, 5.41) is 21.2. The Balaban J connectivity index is 1.86. The van der Waals surface area contributed by atoms with E-state index in [1.807, 2.05) is 79.1 Å². The van der Waals surface area contributed by atoms with Gasteiger partial charge < -0.3 is 24.4 Å². The number of nitrogens with zero attached hydrogens (tertiary/aromatic N) is 2. The van der Waals surface area contributed by atoms with Crippen molar-refractivity contribution in [3.8, 4) is 22.3 Å². The van der Waals surface area contributed by atoms with Crippen LogP contribution in [0.25, 0.3) is 22.3 Å². The Morgan fingerprint density at radius 1 is 0.864 bits per heavy atom. The minimum Gasteiger partial charge on any atom is -0.469 e. The molecule has 0 saturated carbocycles. The van der Waals surface area contributed by atoms with Gasteiger partial charge in [0.1, 0.15) is 11.5 Å². The largest absolute Gasteiger partial charge is 0.469 e. The molecule has 0 saturated heterocycles. The van der Waals surface area contributed by atoms with Gasteiger partial charge in [-0.1, -0.05) is 72.8 Å². The minimum absolute atomic E-state index is 0.000508. The SMILES string of the molecule is COC(=O)C[C@H](O)C[C@H](O)CCc1c(-c2ccc(F)cc2)c(-c2ccccc2)c(C(=O)N(C)Cc2ccccc2)n1C(C)C. The van der Waals surface area contributed by atoms with E-state index in [9.17, 15) is 24.2 Å². The number of aliphatic hydroxyl groups is 2.